The van der Waals surface area contributed by atoms with Crippen molar-refractivity contribution < 1.29 is 15.1 Å². The van der Waals surface area contributed by atoms with Crippen molar-refractivity contribution in [2.45, 2.75) is 25.1 Å². The minimum absolute atomic E-state index is 0.191. The van der Waals surface area contributed by atoms with Gasteiger partial charge in [-0.2, -0.15) is 0 Å². The Morgan fingerprint density at radius 1 is 1.27 bits per heavy atom. The predicted octanol–water partition coefficient (Wildman–Crippen LogP) is 2.05. The second kappa shape index (κ2) is 5.75. The SMILES string of the molecule is O=[N+]([O-])c1cc(CN[C@@H]2c3ccccc3C[C@@H]2O)ccc1O. The van der Waals surface area contributed by atoms with Crippen LogP contribution in [0.4, 0.5) is 5.69 Å². The third-order valence-corrected chi connectivity index (χ3v) is 3.97. The Morgan fingerprint density at radius 2 is 2.05 bits per heavy atom. The summed E-state index contributed by atoms with van der Waals surface area (Å²) in [5.74, 6) is -0.347. The van der Waals surface area contributed by atoms with Crippen molar-refractivity contribution in [1.82, 2.24) is 5.32 Å². The van der Waals surface area contributed by atoms with Gasteiger partial charge in [-0.3, -0.25) is 10.1 Å². The number of nitrogens with zero attached hydrogens (tertiary/aromatic N) is 1. The van der Waals surface area contributed by atoms with Gasteiger partial charge in [0.1, 0.15) is 0 Å². The van der Waals surface area contributed by atoms with Crippen LogP contribution in [0.15, 0.2) is 42.5 Å². The van der Waals surface area contributed by atoms with E-state index in [0.717, 1.165) is 11.1 Å². The van der Waals surface area contributed by atoms with Crippen LogP contribution in [-0.2, 0) is 13.0 Å². The number of nitro groups is 1. The van der Waals surface area contributed by atoms with Gasteiger partial charge in [0.2, 0.25) is 0 Å². The van der Waals surface area contributed by atoms with Crippen LogP contribution in [0.3, 0.4) is 0 Å². The van der Waals surface area contributed by atoms with Gasteiger partial charge in [-0.1, -0.05) is 30.3 Å². The van der Waals surface area contributed by atoms with Crippen LogP contribution in [0.25, 0.3) is 0 Å². The highest BCUT2D eigenvalue weighted by Crippen LogP contribution is 2.32. The molecule has 0 radical (unpaired) electrons. The minimum Gasteiger partial charge on any atom is -0.502 e. The Kier molecular flexibility index (Phi) is 3.79. The first kappa shape index (κ1) is 14.5. The second-order valence-electron chi connectivity index (χ2n) is 5.41. The van der Waals surface area contributed by atoms with Gasteiger partial charge in [-0.25, -0.2) is 0 Å². The topological polar surface area (TPSA) is 95.6 Å². The molecule has 6 heteroatoms. The lowest BCUT2D eigenvalue weighted by atomic mass is 10.1. The molecule has 0 saturated carbocycles. The van der Waals surface area contributed by atoms with Gasteiger partial charge in [-0.15, -0.1) is 0 Å². The molecule has 0 spiro atoms. The molecule has 2 atom stereocenters. The van der Waals surface area contributed by atoms with Crippen molar-refractivity contribution in [2.75, 3.05) is 0 Å². The first-order valence-electron chi connectivity index (χ1n) is 7.02. The lowest BCUT2D eigenvalue weighted by Crippen LogP contribution is -2.28. The number of nitro benzene ring substituents is 1. The molecule has 0 aliphatic heterocycles. The molecule has 0 unspecified atom stereocenters. The summed E-state index contributed by atoms with van der Waals surface area (Å²) >= 11 is 0. The van der Waals surface area contributed by atoms with Gasteiger partial charge in [-0.05, 0) is 22.8 Å². The predicted molar refractivity (Wildman–Crippen MR) is 80.5 cm³/mol. The van der Waals surface area contributed by atoms with Crippen molar-refractivity contribution in [3.8, 4) is 5.75 Å². The van der Waals surface area contributed by atoms with E-state index >= 15 is 0 Å². The summed E-state index contributed by atoms with van der Waals surface area (Å²) in [7, 11) is 0. The van der Waals surface area contributed by atoms with E-state index < -0.39 is 11.0 Å². The Bertz CT molecular complexity index is 717. The second-order valence-corrected chi connectivity index (χ2v) is 5.41. The summed E-state index contributed by atoms with van der Waals surface area (Å²) in [4.78, 5) is 10.2. The van der Waals surface area contributed by atoms with E-state index in [1.807, 2.05) is 24.3 Å². The average Bonchev–Trinajstić information content (AvgIpc) is 2.81. The third-order valence-electron chi connectivity index (χ3n) is 3.97. The highest BCUT2D eigenvalue weighted by Gasteiger charge is 2.30. The Hall–Kier alpha value is -2.44. The van der Waals surface area contributed by atoms with Gasteiger partial charge >= 0.3 is 5.69 Å². The molecule has 2 aromatic carbocycles. The van der Waals surface area contributed by atoms with E-state index in [4.69, 9.17) is 0 Å². The van der Waals surface area contributed by atoms with E-state index in [-0.39, 0.29) is 17.5 Å². The highest BCUT2D eigenvalue weighted by molar-refractivity contribution is 5.47. The van der Waals surface area contributed by atoms with Crippen LogP contribution in [0.5, 0.6) is 5.75 Å². The van der Waals surface area contributed by atoms with E-state index in [2.05, 4.69) is 5.32 Å². The van der Waals surface area contributed by atoms with E-state index in [9.17, 15) is 20.3 Å². The maximum absolute atomic E-state index is 10.8. The molecule has 22 heavy (non-hydrogen) atoms. The molecule has 3 rings (SSSR count). The number of nitrogens with one attached hydrogen (secondary N) is 1. The van der Waals surface area contributed by atoms with Crippen LogP contribution < -0.4 is 5.32 Å². The smallest absolute Gasteiger partial charge is 0.311 e. The molecule has 0 fully saturated rings. The molecule has 0 saturated heterocycles. The van der Waals surface area contributed by atoms with Crippen LogP contribution in [-0.4, -0.2) is 21.2 Å². The van der Waals surface area contributed by atoms with Crippen LogP contribution >= 0.6 is 0 Å². The standard InChI is InChI=1S/C16H16N2O4/c19-14-6-5-10(7-13(14)18(21)22)9-17-16-12-4-2-1-3-11(12)8-15(16)20/h1-7,15-17,19-20H,8-9H2/t15-,16+/m0/s1. The Morgan fingerprint density at radius 3 is 2.82 bits per heavy atom. The summed E-state index contributed by atoms with van der Waals surface area (Å²) in [6.07, 6.45) is 0.0910. The van der Waals surface area contributed by atoms with Crippen LogP contribution in [0, 0.1) is 10.1 Å². The number of aliphatic hydroxyl groups is 1. The molecule has 3 N–H and O–H groups in total. The fraction of sp³-hybridized carbons (Fsp3) is 0.250. The number of hydrogen-bond donors (Lipinski definition) is 3. The number of hydrogen-bond acceptors (Lipinski definition) is 5. The zero-order chi connectivity index (χ0) is 15.7. The van der Waals surface area contributed by atoms with Gasteiger partial charge in [0.15, 0.2) is 5.75 Å². The summed E-state index contributed by atoms with van der Waals surface area (Å²) in [5, 5.41) is 33.7. The van der Waals surface area contributed by atoms with E-state index in [1.165, 1.54) is 12.1 Å². The van der Waals surface area contributed by atoms with Crippen LogP contribution in [0.2, 0.25) is 0 Å². The normalized spacial score (nSPS) is 19.9. The van der Waals surface area contributed by atoms with Crippen molar-refractivity contribution in [1.29, 1.82) is 0 Å². The molecule has 0 amide bonds. The van der Waals surface area contributed by atoms with E-state index in [1.54, 1.807) is 6.07 Å². The number of rotatable bonds is 4. The zero-order valence-electron chi connectivity index (χ0n) is 11.8. The van der Waals surface area contributed by atoms with Gasteiger partial charge in [0, 0.05) is 19.0 Å². The molecule has 0 bridgehead atoms. The molecule has 1 aliphatic rings. The van der Waals surface area contributed by atoms with Crippen molar-refractivity contribution in [3.63, 3.8) is 0 Å². The third kappa shape index (κ3) is 2.66. The number of phenols is 1. The largest absolute Gasteiger partial charge is 0.502 e. The molecule has 6 nitrogen and oxygen atoms in total. The molecular formula is C16H16N2O4. The monoisotopic (exact) mass is 300 g/mol. The summed E-state index contributed by atoms with van der Waals surface area (Å²) in [6, 6.07) is 11.9. The molecule has 0 heterocycles. The lowest BCUT2D eigenvalue weighted by Gasteiger charge is -2.18. The molecule has 0 aromatic heterocycles. The summed E-state index contributed by atoms with van der Waals surface area (Å²) in [5.41, 5.74) is 2.54. The maximum Gasteiger partial charge on any atom is 0.311 e. The quantitative estimate of drug-likeness (QED) is 0.593. The first-order valence-corrected chi connectivity index (χ1v) is 7.02. The zero-order valence-corrected chi connectivity index (χ0v) is 11.8. The molecule has 114 valence electrons. The van der Waals surface area contributed by atoms with Crippen molar-refractivity contribution in [2.24, 2.45) is 0 Å². The molecular weight excluding hydrogens is 284 g/mol. The van der Waals surface area contributed by atoms with Gasteiger partial charge in [0.05, 0.1) is 17.1 Å². The summed E-state index contributed by atoms with van der Waals surface area (Å²) in [6.45, 7) is 0.372. The van der Waals surface area contributed by atoms with Crippen molar-refractivity contribution in [3.05, 3.63) is 69.3 Å². The number of aromatic hydroxyl groups is 1. The van der Waals surface area contributed by atoms with E-state index in [0.29, 0.717) is 18.5 Å². The fourth-order valence-electron chi connectivity index (χ4n) is 2.87. The van der Waals surface area contributed by atoms with Crippen LogP contribution in [0.1, 0.15) is 22.7 Å². The number of fused-ring (bicyclic) bond motifs is 1. The average molecular weight is 300 g/mol. The number of phenolic OH excluding ortho intramolecular Hbond substituents is 1. The number of aliphatic hydroxyl groups excluding tert-OH is 1. The number of benzene rings is 2. The first-order chi connectivity index (χ1) is 10.6. The Balaban J connectivity index is 1.76. The molecule has 2 aromatic rings. The Labute approximate surface area is 127 Å². The molecule has 1 aliphatic carbocycles. The minimum atomic E-state index is -0.613. The highest BCUT2D eigenvalue weighted by atomic mass is 16.6. The fourth-order valence-corrected chi connectivity index (χ4v) is 2.87. The lowest BCUT2D eigenvalue weighted by molar-refractivity contribution is -0.385. The van der Waals surface area contributed by atoms with Crippen molar-refractivity contribution >= 4 is 5.69 Å². The van der Waals surface area contributed by atoms with Gasteiger partial charge in [0.25, 0.3) is 0 Å². The van der Waals surface area contributed by atoms with Gasteiger partial charge < -0.3 is 15.5 Å². The maximum atomic E-state index is 10.8. The summed E-state index contributed by atoms with van der Waals surface area (Å²) < 4.78 is 0.